The van der Waals surface area contributed by atoms with Crippen LogP contribution in [0.4, 0.5) is 0 Å². The number of nitrogens with one attached hydrogen (secondary N) is 1. The maximum Gasteiger partial charge on any atom is 0.104 e. The molecule has 1 fully saturated rings. The van der Waals surface area contributed by atoms with Gasteiger partial charge in [0.15, 0.2) is 0 Å². The van der Waals surface area contributed by atoms with Crippen molar-refractivity contribution in [2.75, 3.05) is 13.2 Å². The van der Waals surface area contributed by atoms with Crippen molar-refractivity contribution in [3.05, 3.63) is 21.3 Å². The highest BCUT2D eigenvalue weighted by Crippen LogP contribution is 2.30. The minimum absolute atomic E-state index is 0.181. The summed E-state index contributed by atoms with van der Waals surface area (Å²) in [6.07, 6.45) is 1.36. The maximum atomic E-state index is 5.92. The largest absolute Gasteiger partial charge is 0.370 e. The molecule has 0 saturated carbocycles. The van der Waals surface area contributed by atoms with Gasteiger partial charge in [-0.2, -0.15) is 0 Å². The van der Waals surface area contributed by atoms with Crippen molar-refractivity contribution in [3.8, 4) is 0 Å². The van der Waals surface area contributed by atoms with Gasteiger partial charge in [-0.1, -0.05) is 25.4 Å². The molecule has 2 heterocycles. The van der Waals surface area contributed by atoms with Crippen LogP contribution in [0, 0.1) is 5.92 Å². The molecule has 0 bridgehead atoms. The summed E-state index contributed by atoms with van der Waals surface area (Å²) in [6.45, 7) is 6.19. The monoisotopic (exact) mass is 259 g/mol. The average Bonchev–Trinajstić information content (AvgIpc) is 2.65. The fraction of sp³-hybridized carbons (Fsp3) is 0.667. The van der Waals surface area contributed by atoms with Crippen LogP contribution in [0.1, 0.15) is 31.2 Å². The minimum atomic E-state index is 0.181. The lowest BCUT2D eigenvalue weighted by Crippen LogP contribution is -2.43. The van der Waals surface area contributed by atoms with Gasteiger partial charge in [-0.05, 0) is 24.5 Å². The lowest BCUT2D eigenvalue weighted by Gasteiger charge is -2.30. The topological polar surface area (TPSA) is 21.3 Å². The lowest BCUT2D eigenvalue weighted by atomic mass is 10.0. The Labute approximate surface area is 106 Å². The highest BCUT2D eigenvalue weighted by molar-refractivity contribution is 7.16. The van der Waals surface area contributed by atoms with E-state index < -0.39 is 0 Å². The highest BCUT2D eigenvalue weighted by Gasteiger charge is 2.23. The smallest absolute Gasteiger partial charge is 0.104 e. The van der Waals surface area contributed by atoms with Crippen molar-refractivity contribution in [2.45, 2.75) is 32.4 Å². The van der Waals surface area contributed by atoms with E-state index in [-0.39, 0.29) is 6.10 Å². The summed E-state index contributed by atoms with van der Waals surface area (Å²) < 4.78 is 6.72. The van der Waals surface area contributed by atoms with Crippen molar-refractivity contribution in [1.29, 1.82) is 0 Å². The van der Waals surface area contributed by atoms with Gasteiger partial charge in [-0.25, -0.2) is 0 Å². The van der Waals surface area contributed by atoms with Crippen LogP contribution in [0.5, 0.6) is 0 Å². The number of thiophene rings is 1. The van der Waals surface area contributed by atoms with Crippen LogP contribution in [0.25, 0.3) is 0 Å². The van der Waals surface area contributed by atoms with Crippen molar-refractivity contribution in [3.63, 3.8) is 0 Å². The van der Waals surface area contributed by atoms with Crippen LogP contribution in [0.3, 0.4) is 0 Å². The van der Waals surface area contributed by atoms with Gasteiger partial charge in [0.1, 0.15) is 6.10 Å². The van der Waals surface area contributed by atoms with Gasteiger partial charge in [-0.15, -0.1) is 11.3 Å². The number of ether oxygens (including phenoxy) is 1. The first-order valence-corrected chi connectivity index (χ1v) is 6.95. The Morgan fingerprint density at radius 2 is 2.38 bits per heavy atom. The Kier molecular flexibility index (Phi) is 4.25. The molecule has 0 radical (unpaired) electrons. The molecule has 1 aromatic heterocycles. The number of rotatable bonds is 3. The first-order valence-electron chi connectivity index (χ1n) is 5.75. The molecule has 0 spiro atoms. The SMILES string of the molecule is CC(C)CC1COC(c2ccc(Cl)s2)CN1. The van der Waals surface area contributed by atoms with Gasteiger partial charge in [0, 0.05) is 17.5 Å². The molecular formula is C12H18ClNOS. The van der Waals surface area contributed by atoms with E-state index in [0.29, 0.717) is 12.0 Å². The molecule has 2 unspecified atom stereocenters. The quantitative estimate of drug-likeness (QED) is 0.898. The molecule has 4 heteroatoms. The molecule has 2 rings (SSSR count). The summed E-state index contributed by atoms with van der Waals surface area (Å²) in [4.78, 5) is 1.22. The zero-order chi connectivity index (χ0) is 11.5. The zero-order valence-electron chi connectivity index (χ0n) is 9.70. The molecule has 1 aliphatic rings. The summed E-state index contributed by atoms with van der Waals surface area (Å²) in [5.74, 6) is 0.717. The van der Waals surface area contributed by atoms with Crippen LogP contribution in [-0.2, 0) is 4.74 Å². The molecule has 1 N–H and O–H groups in total. The molecule has 1 aromatic rings. The molecule has 0 aromatic carbocycles. The summed E-state index contributed by atoms with van der Waals surface area (Å²) in [5, 5.41) is 3.55. The average molecular weight is 260 g/mol. The van der Waals surface area contributed by atoms with Crippen LogP contribution >= 0.6 is 22.9 Å². The molecule has 2 atom stereocenters. The van der Waals surface area contributed by atoms with E-state index in [2.05, 4.69) is 25.2 Å². The number of morpholine rings is 1. The van der Waals surface area contributed by atoms with E-state index in [1.54, 1.807) is 11.3 Å². The van der Waals surface area contributed by atoms with Gasteiger partial charge < -0.3 is 10.1 Å². The molecule has 16 heavy (non-hydrogen) atoms. The third-order valence-electron chi connectivity index (χ3n) is 2.76. The maximum absolute atomic E-state index is 5.92. The molecule has 90 valence electrons. The third kappa shape index (κ3) is 3.20. The van der Waals surface area contributed by atoms with E-state index in [1.165, 1.54) is 11.3 Å². The normalized spacial score (nSPS) is 26.2. The first kappa shape index (κ1) is 12.4. The van der Waals surface area contributed by atoms with Gasteiger partial charge >= 0.3 is 0 Å². The van der Waals surface area contributed by atoms with E-state index in [4.69, 9.17) is 16.3 Å². The van der Waals surface area contributed by atoms with Gasteiger partial charge in [0.05, 0.1) is 10.9 Å². The van der Waals surface area contributed by atoms with Crippen molar-refractivity contribution >= 4 is 22.9 Å². The molecule has 1 saturated heterocycles. The first-order chi connectivity index (χ1) is 7.65. The number of hydrogen-bond acceptors (Lipinski definition) is 3. The van der Waals surface area contributed by atoms with Crippen LogP contribution in [-0.4, -0.2) is 19.2 Å². The molecule has 1 aliphatic heterocycles. The van der Waals surface area contributed by atoms with Gasteiger partial charge in [-0.3, -0.25) is 0 Å². The molecule has 0 amide bonds. The Balaban J connectivity index is 1.85. The number of halogens is 1. The summed E-state index contributed by atoms with van der Waals surface area (Å²) >= 11 is 7.53. The van der Waals surface area contributed by atoms with E-state index >= 15 is 0 Å². The van der Waals surface area contributed by atoms with E-state index in [1.807, 2.05) is 6.07 Å². The Morgan fingerprint density at radius 3 is 2.88 bits per heavy atom. The second-order valence-corrected chi connectivity index (χ2v) is 6.45. The predicted octanol–water partition coefficient (Wildman–Crippen LogP) is 3.48. The molecule has 2 nitrogen and oxygen atoms in total. The second kappa shape index (κ2) is 5.50. The van der Waals surface area contributed by atoms with Gasteiger partial charge in [0.2, 0.25) is 0 Å². The fourth-order valence-corrected chi connectivity index (χ4v) is 3.14. The van der Waals surface area contributed by atoms with E-state index in [0.717, 1.165) is 17.5 Å². The Bertz CT molecular complexity index is 332. The minimum Gasteiger partial charge on any atom is -0.370 e. The van der Waals surface area contributed by atoms with Crippen molar-refractivity contribution in [2.24, 2.45) is 5.92 Å². The lowest BCUT2D eigenvalue weighted by molar-refractivity contribution is 0.000659. The standard InChI is InChI=1S/C12H18ClNOS/c1-8(2)5-9-7-15-10(6-14-9)11-3-4-12(13)16-11/h3-4,8-10,14H,5-7H2,1-2H3. The highest BCUT2D eigenvalue weighted by atomic mass is 35.5. The second-order valence-electron chi connectivity index (χ2n) is 4.70. The van der Waals surface area contributed by atoms with Crippen LogP contribution in [0.15, 0.2) is 12.1 Å². The Hall–Kier alpha value is -0.0900. The van der Waals surface area contributed by atoms with Crippen molar-refractivity contribution in [1.82, 2.24) is 5.32 Å². The third-order valence-corrected chi connectivity index (χ3v) is 4.08. The number of hydrogen-bond donors (Lipinski definition) is 1. The molecular weight excluding hydrogens is 242 g/mol. The fourth-order valence-electron chi connectivity index (χ4n) is 2.03. The molecule has 0 aliphatic carbocycles. The van der Waals surface area contributed by atoms with Crippen molar-refractivity contribution < 1.29 is 4.74 Å². The predicted molar refractivity (Wildman–Crippen MR) is 69.3 cm³/mol. The Morgan fingerprint density at radius 1 is 1.56 bits per heavy atom. The zero-order valence-corrected chi connectivity index (χ0v) is 11.3. The van der Waals surface area contributed by atoms with Gasteiger partial charge in [0.25, 0.3) is 0 Å². The summed E-state index contributed by atoms with van der Waals surface area (Å²) in [7, 11) is 0. The summed E-state index contributed by atoms with van der Waals surface area (Å²) in [5.41, 5.74) is 0. The van der Waals surface area contributed by atoms with Crippen LogP contribution < -0.4 is 5.32 Å². The van der Waals surface area contributed by atoms with E-state index in [9.17, 15) is 0 Å². The summed E-state index contributed by atoms with van der Waals surface area (Å²) in [6, 6.07) is 4.50. The van der Waals surface area contributed by atoms with Crippen LogP contribution in [0.2, 0.25) is 4.34 Å².